The highest BCUT2D eigenvalue weighted by Gasteiger charge is 2.30. The van der Waals surface area contributed by atoms with Gasteiger partial charge in [-0.15, -0.1) is 0 Å². The Morgan fingerprint density at radius 1 is 1.33 bits per heavy atom. The van der Waals surface area contributed by atoms with Gasteiger partial charge in [-0.3, -0.25) is 4.79 Å². The highest BCUT2D eigenvalue weighted by molar-refractivity contribution is 6.32. The molecule has 0 aromatic rings. The molecular formula is C10H17NO4. The monoisotopic (exact) mass is 215 g/mol. The summed E-state index contributed by atoms with van der Waals surface area (Å²) < 4.78 is 10.1. The average Bonchev–Trinajstić information content (AvgIpc) is 2.15. The van der Waals surface area contributed by atoms with Crippen molar-refractivity contribution < 1.29 is 19.1 Å². The maximum atomic E-state index is 11.6. The van der Waals surface area contributed by atoms with Crippen LogP contribution >= 0.6 is 0 Å². The average molecular weight is 215 g/mol. The van der Waals surface area contributed by atoms with Gasteiger partial charge in [0.2, 0.25) is 0 Å². The van der Waals surface area contributed by atoms with Crippen molar-refractivity contribution >= 4 is 11.9 Å². The Kier molecular flexibility index (Phi) is 4.08. The lowest BCUT2D eigenvalue weighted by Gasteiger charge is -2.34. The molecule has 0 spiro atoms. The minimum absolute atomic E-state index is 0.0351. The summed E-state index contributed by atoms with van der Waals surface area (Å²) in [6.45, 7) is 6.54. The van der Waals surface area contributed by atoms with Crippen molar-refractivity contribution in [2.24, 2.45) is 0 Å². The Labute approximate surface area is 89.3 Å². The number of hydrogen-bond acceptors (Lipinski definition) is 4. The number of rotatable bonds is 1. The third-order valence-corrected chi connectivity index (χ3v) is 2.16. The molecule has 0 radical (unpaired) electrons. The van der Waals surface area contributed by atoms with E-state index in [2.05, 4.69) is 4.74 Å². The molecule has 5 nitrogen and oxygen atoms in total. The molecule has 0 bridgehead atoms. The number of ether oxygens (including phenoxy) is 2. The van der Waals surface area contributed by atoms with Crippen LogP contribution in [-0.4, -0.2) is 48.7 Å². The van der Waals surface area contributed by atoms with Gasteiger partial charge in [-0.2, -0.15) is 0 Å². The van der Waals surface area contributed by atoms with Crippen LogP contribution in [0.2, 0.25) is 0 Å². The van der Waals surface area contributed by atoms with Crippen LogP contribution in [0.3, 0.4) is 0 Å². The third-order valence-electron chi connectivity index (χ3n) is 2.16. The van der Waals surface area contributed by atoms with E-state index in [1.165, 1.54) is 4.90 Å². The second-order valence-electron chi connectivity index (χ2n) is 3.69. The van der Waals surface area contributed by atoms with E-state index in [0.29, 0.717) is 13.1 Å². The molecule has 2 atom stereocenters. The molecule has 0 aliphatic carbocycles. The fourth-order valence-corrected chi connectivity index (χ4v) is 1.67. The lowest BCUT2D eigenvalue weighted by atomic mass is 10.2. The van der Waals surface area contributed by atoms with Crippen LogP contribution in [0.1, 0.15) is 20.8 Å². The first-order valence-corrected chi connectivity index (χ1v) is 5.16. The molecule has 0 aromatic heterocycles. The first-order chi connectivity index (χ1) is 7.04. The molecule has 1 amide bonds. The van der Waals surface area contributed by atoms with E-state index in [-0.39, 0.29) is 18.8 Å². The van der Waals surface area contributed by atoms with Gasteiger partial charge in [0, 0.05) is 13.1 Å². The van der Waals surface area contributed by atoms with Crippen molar-refractivity contribution in [3.05, 3.63) is 0 Å². The highest BCUT2D eigenvalue weighted by atomic mass is 16.5. The molecule has 0 aromatic carbocycles. The maximum absolute atomic E-state index is 11.6. The zero-order valence-electron chi connectivity index (χ0n) is 9.36. The Hall–Kier alpha value is -1.10. The Morgan fingerprint density at radius 2 is 1.87 bits per heavy atom. The molecule has 0 saturated carbocycles. The van der Waals surface area contributed by atoms with Crippen LogP contribution in [0.5, 0.6) is 0 Å². The third kappa shape index (κ3) is 3.20. The lowest BCUT2D eigenvalue weighted by Crippen LogP contribution is -2.50. The smallest absolute Gasteiger partial charge is 0.397 e. The molecule has 86 valence electrons. The van der Waals surface area contributed by atoms with E-state index in [4.69, 9.17) is 4.74 Å². The van der Waals surface area contributed by atoms with Crippen LogP contribution < -0.4 is 0 Å². The zero-order chi connectivity index (χ0) is 11.4. The van der Waals surface area contributed by atoms with Gasteiger partial charge in [0.25, 0.3) is 0 Å². The van der Waals surface area contributed by atoms with E-state index in [1.807, 2.05) is 13.8 Å². The minimum atomic E-state index is -0.779. The number of amides is 1. The molecular weight excluding hydrogens is 198 g/mol. The molecule has 0 N–H and O–H groups in total. The van der Waals surface area contributed by atoms with Gasteiger partial charge in [0.15, 0.2) is 0 Å². The van der Waals surface area contributed by atoms with Gasteiger partial charge >= 0.3 is 11.9 Å². The molecule has 5 heteroatoms. The molecule has 1 rings (SSSR count). The second kappa shape index (κ2) is 5.11. The van der Waals surface area contributed by atoms with Gasteiger partial charge in [-0.05, 0) is 20.8 Å². The number of carbonyl (C=O) groups excluding carboxylic acids is 2. The minimum Gasteiger partial charge on any atom is -0.459 e. The van der Waals surface area contributed by atoms with Crippen molar-refractivity contribution in [2.75, 3.05) is 19.7 Å². The van der Waals surface area contributed by atoms with Gasteiger partial charge in [0.1, 0.15) is 0 Å². The number of carbonyl (C=O) groups is 2. The van der Waals surface area contributed by atoms with Crippen molar-refractivity contribution in [1.82, 2.24) is 4.90 Å². The fraction of sp³-hybridized carbons (Fsp3) is 0.800. The lowest BCUT2D eigenvalue weighted by molar-refractivity contribution is -0.165. The Bertz CT molecular complexity index is 244. The van der Waals surface area contributed by atoms with Gasteiger partial charge in [-0.25, -0.2) is 4.79 Å². The van der Waals surface area contributed by atoms with Crippen molar-refractivity contribution in [1.29, 1.82) is 0 Å². The van der Waals surface area contributed by atoms with E-state index < -0.39 is 11.9 Å². The first-order valence-electron chi connectivity index (χ1n) is 5.16. The van der Waals surface area contributed by atoms with Crippen molar-refractivity contribution in [2.45, 2.75) is 33.0 Å². The predicted molar refractivity (Wildman–Crippen MR) is 53.2 cm³/mol. The van der Waals surface area contributed by atoms with Crippen molar-refractivity contribution in [3.8, 4) is 0 Å². The number of nitrogens with zero attached hydrogens (tertiary/aromatic N) is 1. The van der Waals surface area contributed by atoms with Crippen LogP contribution in [0.25, 0.3) is 0 Å². The summed E-state index contributed by atoms with van der Waals surface area (Å²) in [5.41, 5.74) is 0. The fourth-order valence-electron chi connectivity index (χ4n) is 1.67. The number of hydrogen-bond donors (Lipinski definition) is 0. The molecule has 15 heavy (non-hydrogen) atoms. The van der Waals surface area contributed by atoms with Gasteiger partial charge in [-0.1, -0.05) is 0 Å². The first kappa shape index (κ1) is 12.0. The summed E-state index contributed by atoms with van der Waals surface area (Å²) in [5, 5.41) is 0. The number of morpholine rings is 1. The van der Waals surface area contributed by atoms with Gasteiger partial charge in [0.05, 0.1) is 18.8 Å². The van der Waals surface area contributed by atoms with Crippen LogP contribution in [0.15, 0.2) is 0 Å². The van der Waals surface area contributed by atoms with E-state index in [9.17, 15) is 9.59 Å². The van der Waals surface area contributed by atoms with Crippen LogP contribution in [-0.2, 0) is 19.1 Å². The second-order valence-corrected chi connectivity index (χ2v) is 3.69. The molecule has 1 fully saturated rings. The summed E-state index contributed by atoms with van der Waals surface area (Å²) in [6, 6.07) is 0. The summed E-state index contributed by atoms with van der Waals surface area (Å²) in [7, 11) is 0. The van der Waals surface area contributed by atoms with Crippen LogP contribution in [0, 0.1) is 0 Å². The zero-order valence-corrected chi connectivity index (χ0v) is 9.36. The summed E-state index contributed by atoms with van der Waals surface area (Å²) >= 11 is 0. The summed E-state index contributed by atoms with van der Waals surface area (Å²) in [6.07, 6.45) is -0.0701. The van der Waals surface area contributed by atoms with Gasteiger partial charge < -0.3 is 14.4 Å². The Morgan fingerprint density at radius 3 is 2.33 bits per heavy atom. The standard InChI is InChI=1S/C10H17NO4/c1-4-14-10(13)9(12)11-5-7(2)15-8(3)6-11/h7-8H,4-6H2,1-3H3. The van der Waals surface area contributed by atoms with E-state index in [1.54, 1.807) is 6.92 Å². The quantitative estimate of drug-likeness (QED) is 0.462. The normalized spacial score (nSPS) is 26.2. The topological polar surface area (TPSA) is 55.8 Å². The summed E-state index contributed by atoms with van der Waals surface area (Å²) in [4.78, 5) is 24.3. The molecule has 1 saturated heterocycles. The Balaban J connectivity index is 2.55. The van der Waals surface area contributed by atoms with E-state index >= 15 is 0 Å². The number of esters is 1. The van der Waals surface area contributed by atoms with E-state index in [0.717, 1.165) is 0 Å². The SMILES string of the molecule is CCOC(=O)C(=O)N1CC(C)OC(C)C1. The largest absolute Gasteiger partial charge is 0.459 e. The predicted octanol–water partition coefficient (Wildman–Crippen LogP) is 0.185. The molecule has 1 heterocycles. The van der Waals surface area contributed by atoms with Crippen LogP contribution in [0.4, 0.5) is 0 Å². The molecule has 1 aliphatic heterocycles. The summed E-state index contributed by atoms with van der Waals surface area (Å²) in [5.74, 6) is -1.35. The maximum Gasteiger partial charge on any atom is 0.397 e. The molecule has 1 aliphatic rings. The highest BCUT2D eigenvalue weighted by Crippen LogP contribution is 2.10. The van der Waals surface area contributed by atoms with Crippen molar-refractivity contribution in [3.63, 3.8) is 0 Å². The molecule has 2 unspecified atom stereocenters.